The van der Waals surface area contributed by atoms with Crippen molar-refractivity contribution in [2.24, 2.45) is 13.0 Å². The zero-order valence-electron chi connectivity index (χ0n) is 19.6. The maximum absolute atomic E-state index is 13.2. The summed E-state index contributed by atoms with van der Waals surface area (Å²) in [5.74, 6) is -0.0863. The molecule has 1 atom stereocenters. The van der Waals surface area contributed by atoms with E-state index in [0.29, 0.717) is 29.7 Å². The van der Waals surface area contributed by atoms with Crippen molar-refractivity contribution in [1.82, 2.24) is 29.6 Å². The van der Waals surface area contributed by atoms with E-state index >= 15 is 0 Å². The maximum Gasteiger partial charge on any atom is 0.329 e. The van der Waals surface area contributed by atoms with Gasteiger partial charge in [-0.25, -0.2) is 4.79 Å². The van der Waals surface area contributed by atoms with Gasteiger partial charge in [0.05, 0.1) is 11.0 Å². The number of benzene rings is 1. The third-order valence-electron chi connectivity index (χ3n) is 7.49. The van der Waals surface area contributed by atoms with Gasteiger partial charge >= 0.3 is 5.69 Å². The van der Waals surface area contributed by atoms with E-state index in [1.807, 2.05) is 4.90 Å². The lowest BCUT2D eigenvalue weighted by atomic mass is 9.97. The number of nitrogens with one attached hydrogen (secondary N) is 2. The van der Waals surface area contributed by atoms with Crippen LogP contribution in [-0.2, 0) is 16.6 Å². The van der Waals surface area contributed by atoms with Crippen LogP contribution in [0.3, 0.4) is 0 Å². The lowest BCUT2D eigenvalue weighted by Gasteiger charge is -2.37. The highest BCUT2D eigenvalue weighted by Crippen LogP contribution is 2.24. The molecule has 0 spiro atoms. The molecule has 10 heteroatoms. The molecular weight excluding hydrogens is 436 g/mol. The summed E-state index contributed by atoms with van der Waals surface area (Å²) in [5.41, 5.74) is 1.39. The van der Waals surface area contributed by atoms with Crippen LogP contribution >= 0.6 is 0 Å². The van der Waals surface area contributed by atoms with E-state index in [-0.39, 0.29) is 30.3 Å². The summed E-state index contributed by atoms with van der Waals surface area (Å²) >= 11 is 0. The molecule has 1 aromatic carbocycles. The number of aromatic nitrogens is 2. The van der Waals surface area contributed by atoms with Gasteiger partial charge in [0, 0.05) is 51.8 Å². The van der Waals surface area contributed by atoms with E-state index in [2.05, 4.69) is 15.5 Å². The number of amides is 3. The Morgan fingerprint density at radius 1 is 1.00 bits per heavy atom. The number of carbonyl (C=O) groups excluding carboxylic acids is 3. The summed E-state index contributed by atoms with van der Waals surface area (Å²) in [7, 11) is 1.64. The molecule has 10 nitrogen and oxygen atoms in total. The molecule has 4 heterocycles. The Kier molecular flexibility index (Phi) is 6.26. The average molecular weight is 469 g/mol. The second kappa shape index (κ2) is 9.34. The van der Waals surface area contributed by atoms with Crippen molar-refractivity contribution < 1.29 is 14.4 Å². The molecule has 34 heavy (non-hydrogen) atoms. The van der Waals surface area contributed by atoms with Gasteiger partial charge in [0.25, 0.3) is 5.91 Å². The highest BCUT2D eigenvalue weighted by Gasteiger charge is 2.32. The van der Waals surface area contributed by atoms with Gasteiger partial charge in [0.15, 0.2) is 0 Å². The molecule has 3 amide bonds. The summed E-state index contributed by atoms with van der Waals surface area (Å²) < 4.78 is 2.90. The second-order valence-corrected chi connectivity index (χ2v) is 9.67. The predicted octanol–water partition coefficient (Wildman–Crippen LogP) is 0.0751. The molecule has 2 N–H and O–H groups in total. The van der Waals surface area contributed by atoms with Crippen molar-refractivity contribution in [2.45, 2.75) is 31.7 Å². The van der Waals surface area contributed by atoms with Crippen LogP contribution in [0.1, 0.15) is 42.1 Å². The van der Waals surface area contributed by atoms with E-state index < -0.39 is 11.9 Å². The number of piperazine rings is 1. The predicted molar refractivity (Wildman–Crippen MR) is 127 cm³/mol. The number of carbonyl (C=O) groups is 3. The van der Waals surface area contributed by atoms with Crippen LogP contribution < -0.4 is 16.3 Å². The Bertz CT molecular complexity index is 1170. The SMILES string of the molecule is Cn1c(=O)n(C2CCC(=O)NC2=O)c2ccc(C(=O)N3CCN(CC4CCNCC4)CC3)cc21. The third kappa shape index (κ3) is 4.27. The molecule has 0 bridgehead atoms. The Balaban J connectivity index is 1.30. The topological polar surface area (TPSA) is 109 Å². The van der Waals surface area contributed by atoms with Crippen LogP contribution in [0.2, 0.25) is 0 Å². The fourth-order valence-electron chi connectivity index (χ4n) is 5.47. The molecule has 0 saturated carbocycles. The first-order chi connectivity index (χ1) is 16.4. The Hall–Kier alpha value is -2.98. The quantitative estimate of drug-likeness (QED) is 0.615. The van der Waals surface area contributed by atoms with Gasteiger partial charge in [0.1, 0.15) is 6.04 Å². The number of imidazole rings is 1. The monoisotopic (exact) mass is 468 g/mol. The van der Waals surface area contributed by atoms with Crippen LogP contribution in [-0.4, -0.2) is 82.5 Å². The fraction of sp³-hybridized carbons (Fsp3) is 0.583. The van der Waals surface area contributed by atoms with Gasteiger partial charge in [-0.15, -0.1) is 0 Å². The van der Waals surface area contributed by atoms with E-state index in [9.17, 15) is 19.2 Å². The highest BCUT2D eigenvalue weighted by molar-refractivity contribution is 6.01. The first kappa shape index (κ1) is 22.8. The number of aryl methyl sites for hydroxylation is 1. The zero-order chi connectivity index (χ0) is 23.8. The summed E-state index contributed by atoms with van der Waals surface area (Å²) in [6.07, 6.45) is 2.91. The summed E-state index contributed by atoms with van der Waals surface area (Å²) in [6.45, 7) is 6.44. The van der Waals surface area contributed by atoms with Gasteiger partial charge in [0.2, 0.25) is 11.8 Å². The fourth-order valence-corrected chi connectivity index (χ4v) is 5.47. The number of fused-ring (bicyclic) bond motifs is 1. The lowest BCUT2D eigenvalue weighted by molar-refractivity contribution is -0.135. The highest BCUT2D eigenvalue weighted by atomic mass is 16.2. The molecule has 0 aliphatic carbocycles. The zero-order valence-corrected chi connectivity index (χ0v) is 19.6. The number of hydrogen-bond donors (Lipinski definition) is 2. The van der Waals surface area contributed by atoms with Crippen molar-refractivity contribution >= 4 is 28.8 Å². The van der Waals surface area contributed by atoms with Crippen molar-refractivity contribution in [3.8, 4) is 0 Å². The van der Waals surface area contributed by atoms with Crippen molar-refractivity contribution in [3.05, 3.63) is 34.2 Å². The van der Waals surface area contributed by atoms with Crippen LogP contribution in [0, 0.1) is 5.92 Å². The standard InChI is InChI=1S/C24H32N6O4/c1-27-20-14-17(2-3-18(20)30(24(27)34)19-4-5-21(31)26-22(19)32)23(33)29-12-10-28(11-13-29)15-16-6-8-25-9-7-16/h2-3,14,16,19,25H,4-13,15H2,1H3,(H,26,31,32). The molecule has 182 valence electrons. The minimum absolute atomic E-state index is 0.0374. The average Bonchev–Trinajstić information content (AvgIpc) is 3.09. The van der Waals surface area contributed by atoms with Crippen molar-refractivity contribution in [1.29, 1.82) is 0 Å². The van der Waals surface area contributed by atoms with Gasteiger partial charge in [-0.2, -0.15) is 0 Å². The third-order valence-corrected chi connectivity index (χ3v) is 7.49. The van der Waals surface area contributed by atoms with E-state index in [4.69, 9.17) is 0 Å². The van der Waals surface area contributed by atoms with E-state index in [0.717, 1.165) is 38.6 Å². The molecule has 3 saturated heterocycles. The summed E-state index contributed by atoms with van der Waals surface area (Å²) in [6, 6.07) is 4.47. The first-order valence-corrected chi connectivity index (χ1v) is 12.2. The Labute approximate surface area is 197 Å². The lowest BCUT2D eigenvalue weighted by Crippen LogP contribution is -2.50. The normalized spacial score (nSPS) is 22.9. The van der Waals surface area contributed by atoms with Crippen LogP contribution in [0.4, 0.5) is 0 Å². The minimum atomic E-state index is -0.733. The van der Waals surface area contributed by atoms with Gasteiger partial charge in [-0.05, 0) is 56.5 Å². The number of piperidine rings is 2. The van der Waals surface area contributed by atoms with Crippen LogP contribution in [0.25, 0.3) is 11.0 Å². The van der Waals surface area contributed by atoms with E-state index in [1.54, 1.807) is 25.2 Å². The molecule has 1 unspecified atom stereocenters. The molecule has 3 aliphatic heterocycles. The largest absolute Gasteiger partial charge is 0.336 e. The summed E-state index contributed by atoms with van der Waals surface area (Å²) in [4.78, 5) is 54.4. The summed E-state index contributed by atoms with van der Waals surface area (Å²) in [5, 5.41) is 5.72. The Morgan fingerprint density at radius 2 is 1.74 bits per heavy atom. The van der Waals surface area contributed by atoms with Crippen LogP contribution in [0.15, 0.2) is 23.0 Å². The maximum atomic E-state index is 13.2. The molecule has 1 aromatic heterocycles. The number of rotatable bonds is 4. The van der Waals surface area contributed by atoms with Gasteiger partial charge in [-0.3, -0.25) is 33.7 Å². The van der Waals surface area contributed by atoms with Crippen molar-refractivity contribution in [3.63, 3.8) is 0 Å². The molecular formula is C24H32N6O4. The Morgan fingerprint density at radius 3 is 2.44 bits per heavy atom. The smallest absolute Gasteiger partial charge is 0.329 e. The number of hydrogen-bond acceptors (Lipinski definition) is 6. The molecule has 3 fully saturated rings. The van der Waals surface area contributed by atoms with Gasteiger partial charge < -0.3 is 10.2 Å². The number of imide groups is 1. The number of nitrogens with zero attached hydrogens (tertiary/aromatic N) is 4. The molecule has 0 radical (unpaired) electrons. The van der Waals surface area contributed by atoms with E-state index in [1.165, 1.54) is 22.0 Å². The second-order valence-electron chi connectivity index (χ2n) is 9.67. The molecule has 5 rings (SSSR count). The minimum Gasteiger partial charge on any atom is -0.336 e. The van der Waals surface area contributed by atoms with Gasteiger partial charge in [-0.1, -0.05) is 0 Å². The first-order valence-electron chi connectivity index (χ1n) is 12.2. The van der Waals surface area contributed by atoms with Crippen LogP contribution in [0.5, 0.6) is 0 Å². The van der Waals surface area contributed by atoms with Crippen molar-refractivity contribution in [2.75, 3.05) is 45.8 Å². The molecule has 2 aromatic rings. The molecule has 3 aliphatic rings.